The average Bonchev–Trinajstić information content (AvgIpc) is 2.72. The zero-order chi connectivity index (χ0) is 20.2. The molecule has 0 bridgehead atoms. The van der Waals surface area contributed by atoms with Crippen LogP contribution in [0.2, 0.25) is 0 Å². The molecule has 152 valence electrons. The molecule has 2 aromatic rings. The molecule has 1 unspecified atom stereocenters. The molecule has 29 heavy (non-hydrogen) atoms. The van der Waals surface area contributed by atoms with E-state index in [-0.39, 0.29) is 18.2 Å². The van der Waals surface area contributed by atoms with Crippen LogP contribution in [0.15, 0.2) is 48.5 Å². The smallest absolute Gasteiger partial charge is 0.257 e. The number of nitrogens with one attached hydrogen (secondary N) is 1. The van der Waals surface area contributed by atoms with Gasteiger partial charge in [-0.15, -0.1) is 0 Å². The lowest BCUT2D eigenvalue weighted by atomic mass is 9.97. The maximum absolute atomic E-state index is 14.3. The zero-order valence-electron chi connectivity index (χ0n) is 16.3. The summed E-state index contributed by atoms with van der Waals surface area (Å²) in [5, 5.41) is 2.93. The highest BCUT2D eigenvalue weighted by Crippen LogP contribution is 2.20. The molecule has 0 saturated carbocycles. The van der Waals surface area contributed by atoms with Gasteiger partial charge in [0.1, 0.15) is 0 Å². The monoisotopic (exact) mass is 396 g/mol. The number of alkyl halides is 1. The van der Waals surface area contributed by atoms with Crippen LogP contribution in [0.5, 0.6) is 0 Å². The van der Waals surface area contributed by atoms with E-state index < -0.39 is 12.1 Å². The third kappa shape index (κ3) is 4.65. The highest BCUT2D eigenvalue weighted by Gasteiger charge is 2.34. The Kier molecular flexibility index (Phi) is 5.90. The number of benzene rings is 2. The second-order valence-corrected chi connectivity index (χ2v) is 7.76. The number of amides is 2. The van der Waals surface area contributed by atoms with Gasteiger partial charge in [-0.3, -0.25) is 9.59 Å². The molecule has 0 radical (unpaired) electrons. The predicted octanol–water partition coefficient (Wildman–Crippen LogP) is 2.53. The van der Waals surface area contributed by atoms with Gasteiger partial charge in [0.25, 0.3) is 11.8 Å². The highest BCUT2D eigenvalue weighted by molar-refractivity contribution is 5.94. The number of likely N-dealkylation sites (tertiary alicyclic amines) is 1. The van der Waals surface area contributed by atoms with Crippen molar-refractivity contribution >= 4 is 11.8 Å². The van der Waals surface area contributed by atoms with Gasteiger partial charge < -0.3 is 15.0 Å². The lowest BCUT2D eigenvalue weighted by Gasteiger charge is -2.40. The van der Waals surface area contributed by atoms with E-state index >= 15 is 0 Å². The van der Waals surface area contributed by atoms with Crippen LogP contribution < -0.4 is 5.32 Å². The number of hydrogen-bond acceptors (Lipinski definition) is 3. The summed E-state index contributed by atoms with van der Waals surface area (Å²) in [5.41, 5.74) is 3.76. The minimum Gasteiger partial charge on any atom is -0.376 e. The number of fused-ring (bicyclic) bond motifs is 1. The summed E-state index contributed by atoms with van der Waals surface area (Å²) in [6, 6.07) is 14.9. The van der Waals surface area contributed by atoms with E-state index in [0.29, 0.717) is 38.4 Å². The van der Waals surface area contributed by atoms with E-state index in [1.807, 2.05) is 48.5 Å². The van der Waals surface area contributed by atoms with Crippen LogP contribution >= 0.6 is 0 Å². The van der Waals surface area contributed by atoms with Crippen molar-refractivity contribution in [2.24, 2.45) is 5.92 Å². The van der Waals surface area contributed by atoms with Crippen molar-refractivity contribution in [2.45, 2.75) is 25.6 Å². The van der Waals surface area contributed by atoms with Gasteiger partial charge in [0.2, 0.25) is 0 Å². The second kappa shape index (κ2) is 8.74. The molecule has 2 aromatic carbocycles. The Morgan fingerprint density at radius 3 is 2.72 bits per heavy atom. The molecule has 1 N–H and O–H groups in total. The molecule has 1 atom stereocenters. The zero-order valence-corrected chi connectivity index (χ0v) is 16.3. The van der Waals surface area contributed by atoms with Crippen molar-refractivity contribution in [3.8, 4) is 0 Å². The van der Waals surface area contributed by atoms with Crippen LogP contribution in [0.3, 0.4) is 0 Å². The Labute approximate surface area is 169 Å². The molecule has 1 saturated heterocycles. The lowest BCUT2D eigenvalue weighted by molar-refractivity contribution is -0.142. The first-order chi connectivity index (χ1) is 14.1. The Hall–Kier alpha value is -2.73. The van der Waals surface area contributed by atoms with Gasteiger partial charge in [-0.1, -0.05) is 36.4 Å². The summed E-state index contributed by atoms with van der Waals surface area (Å²) in [5.74, 6) is -0.414. The maximum Gasteiger partial charge on any atom is 0.257 e. The van der Waals surface area contributed by atoms with E-state index in [4.69, 9.17) is 4.74 Å². The third-order valence-electron chi connectivity index (χ3n) is 5.59. The summed E-state index contributed by atoms with van der Waals surface area (Å²) in [4.78, 5) is 26.2. The molecule has 2 heterocycles. The largest absolute Gasteiger partial charge is 0.376 e. The quantitative estimate of drug-likeness (QED) is 0.816. The van der Waals surface area contributed by atoms with Crippen LogP contribution in [-0.2, 0) is 29.0 Å². The fourth-order valence-corrected chi connectivity index (χ4v) is 3.83. The molecular formula is C23H25FN2O3. The molecule has 0 aliphatic carbocycles. The fourth-order valence-electron chi connectivity index (χ4n) is 3.83. The minimum atomic E-state index is -1.52. The van der Waals surface area contributed by atoms with Crippen LogP contribution in [0.4, 0.5) is 4.39 Å². The van der Waals surface area contributed by atoms with E-state index in [1.165, 1.54) is 4.90 Å². The van der Waals surface area contributed by atoms with Crippen molar-refractivity contribution in [1.29, 1.82) is 0 Å². The Morgan fingerprint density at radius 1 is 1.14 bits per heavy atom. The number of hydrogen-bond donors (Lipinski definition) is 1. The van der Waals surface area contributed by atoms with E-state index in [1.54, 1.807) is 0 Å². The number of ether oxygens (including phenoxy) is 1. The predicted molar refractivity (Wildman–Crippen MR) is 107 cm³/mol. The van der Waals surface area contributed by atoms with E-state index in [0.717, 1.165) is 23.1 Å². The fraction of sp³-hybridized carbons (Fsp3) is 0.391. The number of carbonyl (C=O) groups excluding carboxylic acids is 2. The maximum atomic E-state index is 14.3. The molecule has 2 aliphatic heterocycles. The molecule has 0 aromatic heterocycles. The first kappa shape index (κ1) is 19.6. The Balaban J connectivity index is 1.21. The van der Waals surface area contributed by atoms with Crippen molar-refractivity contribution in [3.05, 3.63) is 70.8 Å². The Morgan fingerprint density at radius 2 is 1.93 bits per heavy atom. The number of rotatable bonds is 6. The van der Waals surface area contributed by atoms with Gasteiger partial charge in [0.15, 0.2) is 6.17 Å². The summed E-state index contributed by atoms with van der Waals surface area (Å²) < 4.78 is 19.7. The first-order valence-electron chi connectivity index (χ1n) is 10.0. The van der Waals surface area contributed by atoms with Gasteiger partial charge in [0.05, 0.1) is 13.2 Å². The Bertz CT molecular complexity index is 881. The summed E-state index contributed by atoms with van der Waals surface area (Å²) in [7, 11) is 0. The second-order valence-electron chi connectivity index (χ2n) is 7.76. The standard InChI is InChI=1S/C23H25FN2O3/c24-21(10-16-4-2-1-3-5-16)23(28)26-13-17(14-26)12-25-22(27)19-6-7-20-15-29-9-8-18(20)11-19/h1-7,11,17,21H,8-10,12-15H2,(H,25,27). The van der Waals surface area contributed by atoms with Gasteiger partial charge in [-0.05, 0) is 35.2 Å². The summed E-state index contributed by atoms with van der Waals surface area (Å²) in [6.45, 7) is 2.73. The first-order valence-corrected chi connectivity index (χ1v) is 10.0. The van der Waals surface area contributed by atoms with E-state index in [9.17, 15) is 14.0 Å². The van der Waals surface area contributed by atoms with Crippen molar-refractivity contribution in [1.82, 2.24) is 10.2 Å². The average molecular weight is 396 g/mol. The van der Waals surface area contributed by atoms with Crippen LogP contribution in [-0.4, -0.2) is 49.1 Å². The topological polar surface area (TPSA) is 58.6 Å². The van der Waals surface area contributed by atoms with Crippen LogP contribution in [0.1, 0.15) is 27.0 Å². The van der Waals surface area contributed by atoms with Gasteiger partial charge in [-0.25, -0.2) is 4.39 Å². The van der Waals surface area contributed by atoms with Crippen LogP contribution in [0, 0.1) is 5.92 Å². The number of halogens is 1. The van der Waals surface area contributed by atoms with Crippen LogP contribution in [0.25, 0.3) is 0 Å². The molecule has 2 amide bonds. The lowest BCUT2D eigenvalue weighted by Crippen LogP contribution is -2.56. The summed E-state index contributed by atoms with van der Waals surface area (Å²) in [6.07, 6.45) is -0.600. The molecule has 0 spiro atoms. The molecule has 4 rings (SSSR count). The number of nitrogens with zero attached hydrogens (tertiary/aromatic N) is 1. The SMILES string of the molecule is O=C(NCC1CN(C(=O)C(F)Cc2ccccc2)C1)c1ccc2c(c1)CCOC2. The van der Waals surface area contributed by atoms with Crippen molar-refractivity contribution in [2.75, 3.05) is 26.2 Å². The highest BCUT2D eigenvalue weighted by atomic mass is 19.1. The van der Waals surface area contributed by atoms with Crippen molar-refractivity contribution in [3.63, 3.8) is 0 Å². The molecule has 1 fully saturated rings. The van der Waals surface area contributed by atoms with Crippen molar-refractivity contribution < 1.29 is 18.7 Å². The third-order valence-corrected chi connectivity index (χ3v) is 5.59. The number of carbonyl (C=O) groups is 2. The summed E-state index contributed by atoms with van der Waals surface area (Å²) >= 11 is 0. The molecule has 5 nitrogen and oxygen atoms in total. The molecule has 2 aliphatic rings. The van der Waals surface area contributed by atoms with E-state index in [2.05, 4.69) is 5.32 Å². The minimum absolute atomic E-state index is 0.0982. The van der Waals surface area contributed by atoms with Gasteiger partial charge in [0, 0.05) is 37.5 Å². The molecular weight excluding hydrogens is 371 g/mol. The molecule has 6 heteroatoms. The normalized spacial score (nSPS) is 17.2. The van der Waals surface area contributed by atoms with Gasteiger partial charge in [-0.2, -0.15) is 0 Å². The van der Waals surface area contributed by atoms with Gasteiger partial charge >= 0.3 is 0 Å².